The summed E-state index contributed by atoms with van der Waals surface area (Å²) in [6.07, 6.45) is 0.894. The van der Waals surface area contributed by atoms with E-state index in [1.54, 1.807) is 13.8 Å². The van der Waals surface area contributed by atoms with Crippen LogP contribution in [0.5, 0.6) is 5.75 Å². The predicted octanol–water partition coefficient (Wildman–Crippen LogP) is 0.995. The van der Waals surface area contributed by atoms with Crippen molar-refractivity contribution in [2.24, 2.45) is 0 Å². The van der Waals surface area contributed by atoms with Crippen molar-refractivity contribution < 1.29 is 27.5 Å². The second kappa shape index (κ2) is 9.84. The van der Waals surface area contributed by atoms with Crippen LogP contribution in [-0.4, -0.2) is 68.6 Å². The molecule has 10 heteroatoms. The Labute approximate surface area is 171 Å². The van der Waals surface area contributed by atoms with Crippen molar-refractivity contribution >= 4 is 27.7 Å². The number of sulfonamides is 1. The zero-order chi connectivity index (χ0) is 21.6. The van der Waals surface area contributed by atoms with E-state index in [2.05, 4.69) is 5.32 Å². The van der Waals surface area contributed by atoms with Crippen LogP contribution in [0.3, 0.4) is 0 Å². The smallest absolute Gasteiger partial charge is 0.251 e. The Morgan fingerprint density at radius 2 is 1.79 bits per heavy atom. The number of carbonyl (C=O) groups is 3. The molecule has 9 nitrogen and oxygen atoms in total. The number of hydrogen-bond acceptors (Lipinski definition) is 6. The maximum absolute atomic E-state index is 12.9. The summed E-state index contributed by atoms with van der Waals surface area (Å²) >= 11 is 0. The van der Waals surface area contributed by atoms with Crippen LogP contribution in [0, 0.1) is 0 Å². The number of rotatable bonds is 10. The number of amides is 3. The van der Waals surface area contributed by atoms with Gasteiger partial charge in [0.15, 0.2) is 0 Å². The number of hydrogen-bond donors (Lipinski definition) is 1. The van der Waals surface area contributed by atoms with E-state index in [0.717, 1.165) is 0 Å². The van der Waals surface area contributed by atoms with Crippen LogP contribution in [0.2, 0.25) is 0 Å². The highest BCUT2D eigenvalue weighted by atomic mass is 32.2. The van der Waals surface area contributed by atoms with Crippen molar-refractivity contribution in [3.8, 4) is 5.75 Å². The first-order valence-electron chi connectivity index (χ1n) is 9.55. The molecule has 1 heterocycles. The van der Waals surface area contributed by atoms with Crippen molar-refractivity contribution in [1.82, 2.24) is 14.5 Å². The van der Waals surface area contributed by atoms with E-state index >= 15 is 0 Å². The largest absolute Gasteiger partial charge is 0.495 e. The minimum absolute atomic E-state index is 0.0652. The lowest BCUT2D eigenvalue weighted by molar-refractivity contribution is -0.138. The third kappa shape index (κ3) is 5.13. The van der Waals surface area contributed by atoms with Gasteiger partial charge in [0.1, 0.15) is 10.6 Å². The average Bonchev–Trinajstić information content (AvgIpc) is 3.03. The molecule has 0 unspecified atom stereocenters. The van der Waals surface area contributed by atoms with Crippen LogP contribution in [0.15, 0.2) is 23.1 Å². The predicted molar refractivity (Wildman–Crippen MR) is 106 cm³/mol. The molecule has 3 amide bonds. The molecule has 1 saturated heterocycles. The molecule has 1 aromatic rings. The van der Waals surface area contributed by atoms with E-state index < -0.39 is 15.9 Å². The number of ether oxygens (including phenoxy) is 1. The van der Waals surface area contributed by atoms with Crippen molar-refractivity contribution in [3.05, 3.63) is 23.8 Å². The van der Waals surface area contributed by atoms with Gasteiger partial charge >= 0.3 is 0 Å². The third-order valence-electron chi connectivity index (χ3n) is 4.75. The molecular weight excluding hydrogens is 398 g/mol. The Balaban J connectivity index is 2.07. The summed E-state index contributed by atoms with van der Waals surface area (Å²) in [5.41, 5.74) is 0.185. The Bertz CT molecular complexity index is 864. The fraction of sp³-hybridized carbons (Fsp3) is 0.526. The van der Waals surface area contributed by atoms with E-state index in [9.17, 15) is 22.8 Å². The molecule has 0 bridgehead atoms. The number of benzene rings is 1. The lowest BCUT2D eigenvalue weighted by Crippen LogP contribution is -2.33. The van der Waals surface area contributed by atoms with Crippen LogP contribution in [0.25, 0.3) is 0 Å². The van der Waals surface area contributed by atoms with Gasteiger partial charge in [-0.25, -0.2) is 8.42 Å². The van der Waals surface area contributed by atoms with Crippen molar-refractivity contribution in [2.75, 3.05) is 33.3 Å². The lowest BCUT2D eigenvalue weighted by atomic mass is 10.2. The van der Waals surface area contributed by atoms with E-state index in [-0.39, 0.29) is 54.0 Å². The summed E-state index contributed by atoms with van der Waals surface area (Å²) < 4.78 is 32.2. The third-order valence-corrected chi connectivity index (χ3v) is 6.82. The Kier molecular flexibility index (Phi) is 7.74. The molecular formula is C19H27N3O6S. The van der Waals surface area contributed by atoms with Gasteiger partial charge in [0.2, 0.25) is 21.8 Å². The molecule has 0 aromatic heterocycles. The number of nitrogens with zero attached hydrogens (tertiary/aromatic N) is 2. The number of nitrogens with one attached hydrogen (secondary N) is 1. The summed E-state index contributed by atoms with van der Waals surface area (Å²) in [7, 11) is -2.43. The molecule has 29 heavy (non-hydrogen) atoms. The number of imide groups is 1. The molecule has 0 atom stereocenters. The fourth-order valence-electron chi connectivity index (χ4n) is 3.14. The van der Waals surface area contributed by atoms with Gasteiger partial charge in [-0.15, -0.1) is 0 Å². The maximum Gasteiger partial charge on any atom is 0.251 e. The molecule has 2 rings (SSSR count). The summed E-state index contributed by atoms with van der Waals surface area (Å²) in [6, 6.07) is 4.24. The normalized spacial score (nSPS) is 14.6. The molecule has 0 aliphatic carbocycles. The van der Waals surface area contributed by atoms with E-state index in [0.29, 0.717) is 19.5 Å². The van der Waals surface area contributed by atoms with Crippen molar-refractivity contribution in [2.45, 2.75) is 38.0 Å². The second-order valence-electron chi connectivity index (χ2n) is 6.50. The van der Waals surface area contributed by atoms with Gasteiger partial charge in [0, 0.05) is 44.6 Å². The van der Waals surface area contributed by atoms with E-state index in [1.807, 2.05) is 0 Å². The number of likely N-dealkylation sites (tertiary alicyclic amines) is 1. The molecule has 0 radical (unpaired) electrons. The van der Waals surface area contributed by atoms with E-state index in [4.69, 9.17) is 4.74 Å². The second-order valence-corrected chi connectivity index (χ2v) is 8.41. The maximum atomic E-state index is 12.9. The van der Waals surface area contributed by atoms with Crippen LogP contribution in [0.4, 0.5) is 0 Å². The highest BCUT2D eigenvalue weighted by Gasteiger charge is 2.28. The lowest BCUT2D eigenvalue weighted by Gasteiger charge is -2.20. The topological polar surface area (TPSA) is 113 Å². The molecule has 160 valence electrons. The number of carbonyl (C=O) groups excluding carboxylic acids is 3. The zero-order valence-corrected chi connectivity index (χ0v) is 17.8. The first kappa shape index (κ1) is 22.8. The molecule has 0 saturated carbocycles. The van der Waals surface area contributed by atoms with Gasteiger partial charge < -0.3 is 10.1 Å². The first-order chi connectivity index (χ1) is 13.8. The van der Waals surface area contributed by atoms with Crippen LogP contribution >= 0.6 is 0 Å². The highest BCUT2D eigenvalue weighted by molar-refractivity contribution is 7.89. The van der Waals surface area contributed by atoms with Gasteiger partial charge in [0.25, 0.3) is 5.91 Å². The van der Waals surface area contributed by atoms with Gasteiger partial charge in [-0.05, 0) is 24.6 Å². The minimum atomic E-state index is -3.80. The van der Waals surface area contributed by atoms with Crippen LogP contribution in [-0.2, 0) is 19.6 Å². The van der Waals surface area contributed by atoms with Gasteiger partial charge in [-0.1, -0.05) is 13.8 Å². The zero-order valence-electron chi connectivity index (χ0n) is 16.9. The summed E-state index contributed by atoms with van der Waals surface area (Å²) in [5, 5.41) is 2.69. The summed E-state index contributed by atoms with van der Waals surface area (Å²) in [6.45, 7) is 4.57. The minimum Gasteiger partial charge on any atom is -0.495 e. The van der Waals surface area contributed by atoms with Crippen molar-refractivity contribution in [1.29, 1.82) is 0 Å². The van der Waals surface area contributed by atoms with Crippen molar-refractivity contribution in [3.63, 3.8) is 0 Å². The summed E-state index contributed by atoms with van der Waals surface area (Å²) in [5.74, 6) is -0.660. The van der Waals surface area contributed by atoms with Gasteiger partial charge in [-0.3, -0.25) is 19.3 Å². The van der Waals surface area contributed by atoms with Gasteiger partial charge in [0.05, 0.1) is 7.11 Å². The Hall–Kier alpha value is -2.46. The molecule has 1 aromatic carbocycles. The molecule has 1 aliphatic heterocycles. The van der Waals surface area contributed by atoms with Gasteiger partial charge in [-0.2, -0.15) is 4.31 Å². The fourth-order valence-corrected chi connectivity index (χ4v) is 4.78. The number of methoxy groups -OCH3 is 1. The molecule has 1 aliphatic rings. The Morgan fingerprint density at radius 1 is 1.17 bits per heavy atom. The van der Waals surface area contributed by atoms with Crippen LogP contribution in [0.1, 0.15) is 43.5 Å². The average molecular weight is 426 g/mol. The van der Waals surface area contributed by atoms with E-state index in [1.165, 1.54) is 34.5 Å². The molecule has 1 N–H and O–H groups in total. The SMILES string of the molecule is CCN(CC)S(=O)(=O)c1cc(C(=O)NCCCN2C(=O)CCC2=O)ccc1OC. The van der Waals surface area contributed by atoms with Crippen LogP contribution < -0.4 is 10.1 Å². The Morgan fingerprint density at radius 3 is 2.34 bits per heavy atom. The molecule has 0 spiro atoms. The standard InChI is InChI=1S/C19H27N3O6S/c1-4-21(5-2)29(26,27)16-13-14(7-8-15(16)28-3)19(25)20-11-6-12-22-17(23)9-10-18(22)24/h7-8,13H,4-6,9-12H2,1-3H3,(H,20,25). The quantitative estimate of drug-likeness (QED) is 0.442. The summed E-state index contributed by atoms with van der Waals surface area (Å²) in [4.78, 5) is 36.7. The molecule has 1 fully saturated rings. The first-order valence-corrected chi connectivity index (χ1v) is 11.0. The highest BCUT2D eigenvalue weighted by Crippen LogP contribution is 2.27. The monoisotopic (exact) mass is 425 g/mol.